The zero-order valence-electron chi connectivity index (χ0n) is 12.6. The van der Waals surface area contributed by atoms with E-state index in [1.165, 1.54) is 11.1 Å². The van der Waals surface area contributed by atoms with Crippen molar-refractivity contribution in [1.29, 1.82) is 0 Å². The summed E-state index contributed by atoms with van der Waals surface area (Å²) < 4.78 is 6.08. The minimum Gasteiger partial charge on any atom is -0.396 e. The van der Waals surface area contributed by atoms with Gasteiger partial charge in [-0.2, -0.15) is 0 Å². The van der Waals surface area contributed by atoms with Gasteiger partial charge in [0, 0.05) is 13.0 Å². The molecule has 0 saturated carbocycles. The molecule has 0 spiro atoms. The Morgan fingerprint density at radius 3 is 2.47 bits per heavy atom. The summed E-state index contributed by atoms with van der Waals surface area (Å²) in [5, 5.41) is 9.38. The number of hydrogen-bond donors (Lipinski definition) is 1. The van der Waals surface area contributed by atoms with Crippen molar-refractivity contribution >= 4 is 0 Å². The molecule has 0 fully saturated rings. The van der Waals surface area contributed by atoms with Gasteiger partial charge in [0.25, 0.3) is 0 Å². The van der Waals surface area contributed by atoms with Crippen LogP contribution < -0.4 is 0 Å². The van der Waals surface area contributed by atoms with Crippen LogP contribution in [0.5, 0.6) is 0 Å². The first-order chi connectivity index (χ1) is 8.83. The second kappa shape index (κ2) is 5.26. The van der Waals surface area contributed by atoms with Gasteiger partial charge < -0.3 is 9.84 Å². The topological polar surface area (TPSA) is 29.5 Å². The molecule has 1 N–H and O–H groups in total. The summed E-state index contributed by atoms with van der Waals surface area (Å²) in [6.07, 6.45) is 2.27. The first-order valence-electron chi connectivity index (χ1n) is 7.13. The Kier molecular flexibility index (Phi) is 4.03. The molecule has 0 saturated heterocycles. The van der Waals surface area contributed by atoms with Crippen molar-refractivity contribution in [3.63, 3.8) is 0 Å². The summed E-state index contributed by atoms with van der Waals surface area (Å²) >= 11 is 0. The van der Waals surface area contributed by atoms with Crippen molar-refractivity contribution in [3.05, 3.63) is 35.4 Å². The SMILES string of the molecule is CC(C)(CO)CC(C)(C)COC1Cc2ccccc21. The van der Waals surface area contributed by atoms with Gasteiger partial charge in [0.15, 0.2) is 0 Å². The first kappa shape index (κ1) is 14.5. The molecule has 0 aromatic heterocycles. The maximum Gasteiger partial charge on any atom is 0.0868 e. The van der Waals surface area contributed by atoms with Crippen LogP contribution in [0.1, 0.15) is 51.3 Å². The van der Waals surface area contributed by atoms with Gasteiger partial charge in [0.2, 0.25) is 0 Å². The molecule has 1 atom stereocenters. The number of fused-ring (bicyclic) bond motifs is 1. The summed E-state index contributed by atoms with van der Waals surface area (Å²) in [5.74, 6) is 0. The lowest BCUT2D eigenvalue weighted by molar-refractivity contribution is -0.0293. The van der Waals surface area contributed by atoms with Gasteiger partial charge >= 0.3 is 0 Å². The molecule has 0 amide bonds. The predicted molar refractivity (Wildman–Crippen MR) is 78.1 cm³/mol. The minimum atomic E-state index is -0.0373. The van der Waals surface area contributed by atoms with Crippen molar-refractivity contribution in [1.82, 2.24) is 0 Å². The third-order valence-electron chi connectivity index (χ3n) is 3.87. The van der Waals surface area contributed by atoms with Crippen LogP contribution >= 0.6 is 0 Å². The molecule has 1 unspecified atom stereocenters. The van der Waals surface area contributed by atoms with Gasteiger partial charge in [0.05, 0.1) is 12.7 Å². The zero-order valence-corrected chi connectivity index (χ0v) is 12.6. The molecule has 1 aliphatic carbocycles. The van der Waals surface area contributed by atoms with E-state index in [2.05, 4.69) is 52.0 Å². The predicted octanol–water partition coefficient (Wildman–Crippen LogP) is 3.74. The van der Waals surface area contributed by atoms with Crippen LogP contribution in [-0.2, 0) is 11.2 Å². The van der Waals surface area contributed by atoms with Crippen LogP contribution in [-0.4, -0.2) is 18.3 Å². The summed E-state index contributed by atoms with van der Waals surface area (Å²) in [6, 6.07) is 8.50. The average Bonchev–Trinajstić information content (AvgIpc) is 2.29. The standard InChI is InChI=1S/C17H26O2/c1-16(2,11-18)10-17(3,4)12-19-15-9-13-7-5-6-8-14(13)15/h5-8,15,18H,9-12H2,1-4H3. The van der Waals surface area contributed by atoms with Crippen LogP contribution in [0.15, 0.2) is 24.3 Å². The van der Waals surface area contributed by atoms with E-state index in [0.717, 1.165) is 19.4 Å². The third kappa shape index (κ3) is 3.58. The van der Waals surface area contributed by atoms with Gasteiger partial charge in [-0.05, 0) is 28.4 Å². The van der Waals surface area contributed by atoms with Crippen LogP contribution in [0.3, 0.4) is 0 Å². The van der Waals surface area contributed by atoms with Crippen LogP contribution in [0.25, 0.3) is 0 Å². The highest BCUT2D eigenvalue weighted by Gasteiger charge is 2.32. The molecule has 1 aromatic rings. The Morgan fingerprint density at radius 2 is 1.84 bits per heavy atom. The minimum absolute atomic E-state index is 0.0373. The highest BCUT2D eigenvalue weighted by molar-refractivity contribution is 5.38. The highest BCUT2D eigenvalue weighted by atomic mass is 16.5. The van der Waals surface area contributed by atoms with Gasteiger partial charge in [-0.15, -0.1) is 0 Å². The summed E-state index contributed by atoms with van der Waals surface area (Å²) in [4.78, 5) is 0. The molecule has 0 heterocycles. The average molecular weight is 262 g/mol. The van der Waals surface area contributed by atoms with Crippen molar-refractivity contribution in [3.8, 4) is 0 Å². The molecule has 1 aromatic carbocycles. The van der Waals surface area contributed by atoms with Crippen molar-refractivity contribution < 1.29 is 9.84 Å². The summed E-state index contributed by atoms with van der Waals surface area (Å²) in [7, 11) is 0. The molecule has 106 valence electrons. The van der Waals surface area contributed by atoms with Gasteiger partial charge in [-0.1, -0.05) is 52.0 Å². The zero-order chi connectivity index (χ0) is 14.1. The number of ether oxygens (including phenoxy) is 1. The molecule has 2 nitrogen and oxygen atoms in total. The fourth-order valence-corrected chi connectivity index (χ4v) is 3.09. The lowest BCUT2D eigenvalue weighted by Gasteiger charge is -2.37. The number of rotatable bonds is 6. The van der Waals surface area contributed by atoms with E-state index in [0.29, 0.717) is 0 Å². The van der Waals surface area contributed by atoms with E-state index in [-0.39, 0.29) is 23.5 Å². The number of aliphatic hydroxyl groups excluding tert-OH is 1. The van der Waals surface area contributed by atoms with Crippen molar-refractivity contribution in [2.75, 3.05) is 13.2 Å². The molecule has 2 heteroatoms. The molecule has 0 bridgehead atoms. The lowest BCUT2D eigenvalue weighted by Crippen LogP contribution is -2.31. The molecule has 1 aliphatic rings. The summed E-state index contributed by atoms with van der Waals surface area (Å²) in [6.45, 7) is 9.61. The molecular weight excluding hydrogens is 236 g/mol. The van der Waals surface area contributed by atoms with Crippen LogP contribution in [0, 0.1) is 10.8 Å². The van der Waals surface area contributed by atoms with E-state index in [4.69, 9.17) is 4.74 Å². The smallest absolute Gasteiger partial charge is 0.0868 e. The Bertz CT molecular complexity index is 435. The van der Waals surface area contributed by atoms with E-state index >= 15 is 0 Å². The van der Waals surface area contributed by atoms with Gasteiger partial charge in [-0.25, -0.2) is 0 Å². The Balaban J connectivity index is 1.86. The van der Waals surface area contributed by atoms with Gasteiger partial charge in [0.1, 0.15) is 0 Å². The van der Waals surface area contributed by atoms with E-state index in [9.17, 15) is 5.11 Å². The number of aliphatic hydroxyl groups is 1. The van der Waals surface area contributed by atoms with Crippen molar-refractivity contribution in [2.45, 2.75) is 46.6 Å². The normalized spacial score (nSPS) is 18.9. The largest absolute Gasteiger partial charge is 0.396 e. The lowest BCUT2D eigenvalue weighted by atomic mass is 9.76. The van der Waals surface area contributed by atoms with Crippen LogP contribution in [0.4, 0.5) is 0 Å². The molecule has 19 heavy (non-hydrogen) atoms. The molecule has 0 radical (unpaired) electrons. The monoisotopic (exact) mass is 262 g/mol. The Labute approximate surface area is 116 Å². The van der Waals surface area contributed by atoms with E-state index in [1.807, 2.05) is 0 Å². The fourth-order valence-electron chi connectivity index (χ4n) is 3.09. The van der Waals surface area contributed by atoms with E-state index in [1.54, 1.807) is 0 Å². The maximum absolute atomic E-state index is 9.38. The Morgan fingerprint density at radius 1 is 1.16 bits per heavy atom. The summed E-state index contributed by atoms with van der Waals surface area (Å²) in [5.41, 5.74) is 2.82. The quantitative estimate of drug-likeness (QED) is 0.846. The fraction of sp³-hybridized carbons (Fsp3) is 0.647. The second-order valence-corrected chi connectivity index (χ2v) is 7.37. The van der Waals surface area contributed by atoms with Gasteiger partial charge in [-0.3, -0.25) is 0 Å². The molecule has 0 aliphatic heterocycles. The maximum atomic E-state index is 9.38. The van der Waals surface area contributed by atoms with Crippen LogP contribution in [0.2, 0.25) is 0 Å². The molecular formula is C17H26O2. The number of benzene rings is 1. The first-order valence-corrected chi connectivity index (χ1v) is 7.13. The van der Waals surface area contributed by atoms with Crippen molar-refractivity contribution in [2.24, 2.45) is 10.8 Å². The highest BCUT2D eigenvalue weighted by Crippen LogP contribution is 2.39. The van der Waals surface area contributed by atoms with E-state index < -0.39 is 0 Å². The Hall–Kier alpha value is -0.860. The molecule has 2 rings (SSSR count). The third-order valence-corrected chi connectivity index (χ3v) is 3.87. The number of hydrogen-bond acceptors (Lipinski definition) is 2. The second-order valence-electron chi connectivity index (χ2n) is 7.37.